The summed E-state index contributed by atoms with van der Waals surface area (Å²) >= 11 is 1.96. The lowest BCUT2D eigenvalue weighted by Crippen LogP contribution is -2.27. The first-order chi connectivity index (χ1) is 9.29. The van der Waals surface area contributed by atoms with E-state index in [4.69, 9.17) is 0 Å². The zero-order valence-corrected chi connectivity index (χ0v) is 12.1. The molecule has 96 valence electrons. The Morgan fingerprint density at radius 2 is 1.63 bits per heavy atom. The third kappa shape index (κ3) is 1.61. The summed E-state index contributed by atoms with van der Waals surface area (Å²) < 4.78 is 0. The molecule has 1 aliphatic heterocycles. The normalized spacial score (nSPS) is 19.2. The molecule has 1 fully saturated rings. The van der Waals surface area contributed by atoms with Crippen LogP contribution in [0.15, 0.2) is 52.3 Å². The van der Waals surface area contributed by atoms with Crippen molar-refractivity contribution in [1.82, 2.24) is 0 Å². The highest BCUT2D eigenvalue weighted by Crippen LogP contribution is 2.56. The van der Waals surface area contributed by atoms with Crippen molar-refractivity contribution in [2.45, 2.75) is 47.8 Å². The highest BCUT2D eigenvalue weighted by molar-refractivity contribution is 7.99. The van der Waals surface area contributed by atoms with Gasteiger partial charge in [0.2, 0.25) is 0 Å². The molecule has 0 aromatic heterocycles. The van der Waals surface area contributed by atoms with Crippen LogP contribution in [0, 0.1) is 6.92 Å². The van der Waals surface area contributed by atoms with Gasteiger partial charge in [-0.2, -0.15) is 0 Å². The largest absolute Gasteiger partial charge is 0.0894 e. The summed E-state index contributed by atoms with van der Waals surface area (Å²) in [5, 5.41) is 0. The summed E-state index contributed by atoms with van der Waals surface area (Å²) in [6.45, 7) is 2.20. The smallest absolute Gasteiger partial charge is 0.0225 e. The van der Waals surface area contributed by atoms with Crippen LogP contribution in [0.3, 0.4) is 0 Å². The SMILES string of the molecule is Cc1ccc2c(c1)Sc1ccccc1C21CCCC1. The lowest BCUT2D eigenvalue weighted by Gasteiger charge is -2.37. The molecule has 1 heterocycles. The molecule has 2 aromatic rings. The number of hydrogen-bond acceptors (Lipinski definition) is 1. The molecule has 2 aromatic carbocycles. The Hall–Kier alpha value is -1.21. The average molecular weight is 266 g/mol. The lowest BCUT2D eigenvalue weighted by molar-refractivity contribution is 0.511. The predicted molar refractivity (Wildman–Crippen MR) is 81.0 cm³/mol. The van der Waals surface area contributed by atoms with Crippen LogP contribution < -0.4 is 0 Å². The van der Waals surface area contributed by atoms with E-state index in [-0.39, 0.29) is 0 Å². The molecule has 4 rings (SSSR count). The molecule has 0 amide bonds. The van der Waals surface area contributed by atoms with Crippen LogP contribution in [0.1, 0.15) is 42.4 Å². The van der Waals surface area contributed by atoms with Crippen molar-refractivity contribution in [3.8, 4) is 0 Å². The summed E-state index contributed by atoms with van der Waals surface area (Å²) in [5.41, 5.74) is 4.84. The molecule has 0 nitrogen and oxygen atoms in total. The maximum atomic E-state index is 2.39. The summed E-state index contributed by atoms with van der Waals surface area (Å²) in [4.78, 5) is 2.96. The first-order valence-corrected chi connectivity index (χ1v) is 8.00. The van der Waals surface area contributed by atoms with Crippen LogP contribution in [0.2, 0.25) is 0 Å². The van der Waals surface area contributed by atoms with E-state index in [9.17, 15) is 0 Å². The Kier molecular flexibility index (Phi) is 2.53. The van der Waals surface area contributed by atoms with Crippen molar-refractivity contribution in [2.24, 2.45) is 0 Å². The fraction of sp³-hybridized carbons (Fsp3) is 0.333. The number of benzene rings is 2. The van der Waals surface area contributed by atoms with E-state index in [2.05, 4.69) is 49.4 Å². The molecule has 0 saturated heterocycles. The maximum absolute atomic E-state index is 2.39. The molecule has 1 heteroatoms. The molecule has 0 N–H and O–H groups in total. The fourth-order valence-electron chi connectivity index (χ4n) is 3.84. The highest BCUT2D eigenvalue weighted by atomic mass is 32.2. The van der Waals surface area contributed by atoms with Gasteiger partial charge in [0, 0.05) is 15.2 Å². The Balaban J connectivity index is 2.00. The minimum absolute atomic E-state index is 0.310. The van der Waals surface area contributed by atoms with Gasteiger partial charge >= 0.3 is 0 Å². The van der Waals surface area contributed by atoms with Gasteiger partial charge in [0.1, 0.15) is 0 Å². The Morgan fingerprint density at radius 3 is 2.47 bits per heavy atom. The number of aryl methyl sites for hydroxylation is 1. The Morgan fingerprint density at radius 1 is 0.895 bits per heavy atom. The van der Waals surface area contributed by atoms with Gasteiger partial charge in [0.15, 0.2) is 0 Å². The van der Waals surface area contributed by atoms with E-state index >= 15 is 0 Å². The molecule has 1 spiro atoms. The van der Waals surface area contributed by atoms with E-state index in [1.165, 1.54) is 41.0 Å². The molecular weight excluding hydrogens is 248 g/mol. The van der Waals surface area contributed by atoms with Crippen LogP contribution >= 0.6 is 11.8 Å². The molecular formula is C18H18S. The minimum atomic E-state index is 0.310. The molecule has 0 unspecified atom stereocenters. The van der Waals surface area contributed by atoms with E-state index < -0.39 is 0 Å². The first-order valence-electron chi connectivity index (χ1n) is 7.18. The summed E-state index contributed by atoms with van der Waals surface area (Å²) in [5.74, 6) is 0. The van der Waals surface area contributed by atoms with E-state index in [1.807, 2.05) is 11.8 Å². The highest BCUT2D eigenvalue weighted by Gasteiger charge is 2.42. The van der Waals surface area contributed by atoms with Crippen LogP contribution in [0.4, 0.5) is 0 Å². The van der Waals surface area contributed by atoms with Gasteiger partial charge in [0.25, 0.3) is 0 Å². The molecule has 1 saturated carbocycles. The van der Waals surface area contributed by atoms with E-state index in [0.717, 1.165) is 0 Å². The third-order valence-electron chi connectivity index (χ3n) is 4.73. The zero-order chi connectivity index (χ0) is 12.9. The second-order valence-electron chi connectivity index (χ2n) is 5.89. The fourth-order valence-corrected chi connectivity index (χ4v) is 5.22. The van der Waals surface area contributed by atoms with Crippen molar-refractivity contribution in [2.75, 3.05) is 0 Å². The summed E-state index contributed by atoms with van der Waals surface area (Å²) in [7, 11) is 0. The van der Waals surface area contributed by atoms with Gasteiger partial charge < -0.3 is 0 Å². The van der Waals surface area contributed by atoms with Gasteiger partial charge in [-0.15, -0.1) is 0 Å². The van der Waals surface area contributed by atoms with Gasteiger partial charge in [-0.3, -0.25) is 0 Å². The van der Waals surface area contributed by atoms with Crippen molar-refractivity contribution < 1.29 is 0 Å². The molecule has 0 bridgehead atoms. The second-order valence-corrected chi connectivity index (χ2v) is 6.97. The number of fused-ring (bicyclic) bond motifs is 4. The van der Waals surface area contributed by atoms with Crippen LogP contribution in [0.5, 0.6) is 0 Å². The first kappa shape index (κ1) is 11.6. The zero-order valence-electron chi connectivity index (χ0n) is 11.3. The Labute approximate surface area is 119 Å². The van der Waals surface area contributed by atoms with Crippen molar-refractivity contribution in [1.29, 1.82) is 0 Å². The number of rotatable bonds is 0. The summed E-state index contributed by atoms with van der Waals surface area (Å²) in [6.07, 6.45) is 5.37. The Bertz CT molecular complexity index is 636. The van der Waals surface area contributed by atoms with Crippen LogP contribution in [-0.4, -0.2) is 0 Å². The quantitative estimate of drug-likeness (QED) is 0.622. The molecule has 1 aliphatic carbocycles. The predicted octanol–water partition coefficient (Wildman–Crippen LogP) is 5.32. The second kappa shape index (κ2) is 4.14. The van der Waals surface area contributed by atoms with Crippen molar-refractivity contribution in [3.63, 3.8) is 0 Å². The third-order valence-corrected chi connectivity index (χ3v) is 5.87. The van der Waals surface area contributed by atoms with Gasteiger partial charge in [-0.25, -0.2) is 0 Å². The molecule has 0 radical (unpaired) electrons. The molecule has 2 aliphatic rings. The monoisotopic (exact) mass is 266 g/mol. The van der Waals surface area contributed by atoms with Crippen molar-refractivity contribution >= 4 is 11.8 Å². The van der Waals surface area contributed by atoms with Crippen molar-refractivity contribution in [3.05, 3.63) is 59.2 Å². The van der Waals surface area contributed by atoms with Crippen LogP contribution in [-0.2, 0) is 5.41 Å². The average Bonchev–Trinajstić information content (AvgIpc) is 2.89. The topological polar surface area (TPSA) is 0 Å². The summed E-state index contributed by atoms with van der Waals surface area (Å²) in [6, 6.07) is 16.1. The van der Waals surface area contributed by atoms with Crippen LogP contribution in [0.25, 0.3) is 0 Å². The lowest BCUT2D eigenvalue weighted by atomic mass is 9.72. The number of hydrogen-bond donors (Lipinski definition) is 0. The van der Waals surface area contributed by atoms with E-state index in [1.54, 1.807) is 11.1 Å². The standard InChI is InChI=1S/C18H18S/c1-13-8-9-15-17(12-13)19-16-7-3-2-6-14(16)18(15)10-4-5-11-18/h2-3,6-9,12H,4-5,10-11H2,1H3. The maximum Gasteiger partial charge on any atom is 0.0225 e. The van der Waals surface area contributed by atoms with E-state index in [0.29, 0.717) is 5.41 Å². The molecule has 0 atom stereocenters. The van der Waals surface area contributed by atoms with Gasteiger partial charge in [-0.05, 0) is 48.6 Å². The minimum Gasteiger partial charge on any atom is -0.0894 e. The van der Waals surface area contributed by atoms with Gasteiger partial charge in [0.05, 0.1) is 0 Å². The van der Waals surface area contributed by atoms with Gasteiger partial charge in [-0.1, -0.05) is 54.9 Å². The molecule has 19 heavy (non-hydrogen) atoms.